The van der Waals surface area contributed by atoms with Crippen LogP contribution in [-0.4, -0.2) is 56.7 Å². The molecular formula is C18H31IN4O. The second-order valence-electron chi connectivity index (χ2n) is 5.95. The highest BCUT2D eigenvalue weighted by atomic mass is 127. The van der Waals surface area contributed by atoms with Gasteiger partial charge in [-0.15, -0.1) is 24.0 Å². The van der Waals surface area contributed by atoms with E-state index >= 15 is 0 Å². The number of aryl methyl sites for hydroxylation is 1. The summed E-state index contributed by atoms with van der Waals surface area (Å²) in [5.74, 6) is 1.74. The summed E-state index contributed by atoms with van der Waals surface area (Å²) in [7, 11) is 1.80. The number of hydrogen-bond donors (Lipinski definition) is 2. The Kier molecular flexibility index (Phi) is 10.1. The Hall–Kier alpha value is -1.02. The van der Waals surface area contributed by atoms with Crippen LogP contribution in [0.15, 0.2) is 29.3 Å². The van der Waals surface area contributed by atoms with E-state index < -0.39 is 0 Å². The molecule has 0 radical (unpaired) electrons. The van der Waals surface area contributed by atoms with Crippen molar-refractivity contribution in [2.45, 2.75) is 32.7 Å². The van der Waals surface area contributed by atoms with Gasteiger partial charge in [-0.05, 0) is 38.4 Å². The van der Waals surface area contributed by atoms with Gasteiger partial charge in [-0.3, -0.25) is 9.89 Å². The van der Waals surface area contributed by atoms with E-state index in [4.69, 9.17) is 4.74 Å². The normalized spacial score (nSPS) is 14.2. The SMILES string of the molecule is CCN(CCNC(=NC)NCCOc1ccc(C)cc1)C1CC1.I. The molecule has 0 saturated heterocycles. The molecule has 2 N–H and O–H groups in total. The monoisotopic (exact) mass is 446 g/mol. The summed E-state index contributed by atoms with van der Waals surface area (Å²) >= 11 is 0. The summed E-state index contributed by atoms with van der Waals surface area (Å²) in [4.78, 5) is 6.78. The Bertz CT molecular complexity index is 488. The van der Waals surface area contributed by atoms with Gasteiger partial charge in [-0.1, -0.05) is 24.6 Å². The molecule has 0 aromatic heterocycles. The van der Waals surface area contributed by atoms with Gasteiger partial charge in [-0.2, -0.15) is 0 Å². The Labute approximate surface area is 163 Å². The number of ether oxygens (including phenoxy) is 1. The lowest BCUT2D eigenvalue weighted by Gasteiger charge is -2.20. The molecule has 0 unspecified atom stereocenters. The topological polar surface area (TPSA) is 48.9 Å². The van der Waals surface area contributed by atoms with Crippen molar-refractivity contribution < 1.29 is 4.74 Å². The molecule has 1 aliphatic carbocycles. The summed E-state index contributed by atoms with van der Waals surface area (Å²) in [6.45, 7) is 8.77. The van der Waals surface area contributed by atoms with Crippen LogP contribution in [0.3, 0.4) is 0 Å². The molecule has 6 heteroatoms. The first-order chi connectivity index (χ1) is 11.2. The van der Waals surface area contributed by atoms with Crippen molar-refractivity contribution in [3.63, 3.8) is 0 Å². The minimum Gasteiger partial charge on any atom is -0.492 e. The van der Waals surface area contributed by atoms with Gasteiger partial charge in [0.25, 0.3) is 0 Å². The van der Waals surface area contributed by atoms with Crippen molar-refractivity contribution in [2.24, 2.45) is 4.99 Å². The lowest BCUT2D eigenvalue weighted by Crippen LogP contribution is -2.43. The molecule has 136 valence electrons. The van der Waals surface area contributed by atoms with Crippen molar-refractivity contribution in [2.75, 3.05) is 39.8 Å². The molecule has 0 amide bonds. The Morgan fingerprint density at radius 2 is 1.88 bits per heavy atom. The molecular weight excluding hydrogens is 415 g/mol. The molecule has 0 heterocycles. The maximum atomic E-state index is 5.70. The van der Waals surface area contributed by atoms with Crippen molar-refractivity contribution in [3.8, 4) is 5.75 Å². The predicted molar refractivity (Wildman–Crippen MR) is 112 cm³/mol. The van der Waals surface area contributed by atoms with Gasteiger partial charge in [0, 0.05) is 26.2 Å². The number of hydrogen-bond acceptors (Lipinski definition) is 3. The highest BCUT2D eigenvalue weighted by molar-refractivity contribution is 14.0. The number of rotatable bonds is 9. The third-order valence-electron chi connectivity index (χ3n) is 4.07. The highest BCUT2D eigenvalue weighted by Crippen LogP contribution is 2.25. The number of aliphatic imine (C=N–C) groups is 1. The van der Waals surface area contributed by atoms with E-state index in [-0.39, 0.29) is 24.0 Å². The number of nitrogens with one attached hydrogen (secondary N) is 2. The molecule has 1 aromatic carbocycles. The average molecular weight is 446 g/mol. The van der Waals surface area contributed by atoms with Gasteiger partial charge in [-0.25, -0.2) is 0 Å². The van der Waals surface area contributed by atoms with Crippen LogP contribution in [0.5, 0.6) is 5.75 Å². The zero-order valence-corrected chi connectivity index (χ0v) is 17.4. The number of benzene rings is 1. The van der Waals surface area contributed by atoms with Gasteiger partial charge >= 0.3 is 0 Å². The molecule has 2 rings (SSSR count). The van der Waals surface area contributed by atoms with Crippen LogP contribution in [0.1, 0.15) is 25.3 Å². The lowest BCUT2D eigenvalue weighted by molar-refractivity contribution is 0.281. The average Bonchev–Trinajstić information content (AvgIpc) is 3.40. The van der Waals surface area contributed by atoms with Crippen LogP contribution in [-0.2, 0) is 0 Å². The number of halogens is 1. The highest BCUT2D eigenvalue weighted by Gasteiger charge is 2.27. The standard InChI is InChI=1S/C18H30N4O.HI/c1-4-22(16-7-8-16)13-11-20-18(19-3)21-12-14-23-17-9-5-15(2)6-10-17;/h5-6,9-10,16H,4,7-8,11-14H2,1-3H3,(H2,19,20,21);1H. The van der Waals surface area contributed by atoms with Crippen molar-refractivity contribution in [3.05, 3.63) is 29.8 Å². The molecule has 1 fully saturated rings. The molecule has 0 bridgehead atoms. The number of nitrogens with zero attached hydrogens (tertiary/aromatic N) is 2. The first-order valence-electron chi connectivity index (χ1n) is 8.61. The maximum Gasteiger partial charge on any atom is 0.191 e. The fourth-order valence-electron chi connectivity index (χ4n) is 2.55. The second kappa shape index (κ2) is 11.5. The predicted octanol–water partition coefficient (Wildman–Crippen LogP) is 2.64. The lowest BCUT2D eigenvalue weighted by atomic mass is 10.2. The zero-order valence-electron chi connectivity index (χ0n) is 15.0. The number of guanidine groups is 1. The van der Waals surface area contributed by atoms with Crippen LogP contribution < -0.4 is 15.4 Å². The van der Waals surface area contributed by atoms with Gasteiger partial charge < -0.3 is 15.4 Å². The largest absolute Gasteiger partial charge is 0.492 e. The third kappa shape index (κ3) is 7.70. The Balaban J connectivity index is 0.00000288. The van der Waals surface area contributed by atoms with Gasteiger partial charge in [0.2, 0.25) is 0 Å². The summed E-state index contributed by atoms with van der Waals surface area (Å²) in [6, 6.07) is 8.93. The van der Waals surface area contributed by atoms with Crippen molar-refractivity contribution in [1.29, 1.82) is 0 Å². The van der Waals surface area contributed by atoms with Crippen LogP contribution >= 0.6 is 24.0 Å². The van der Waals surface area contributed by atoms with Crippen molar-refractivity contribution >= 4 is 29.9 Å². The van der Waals surface area contributed by atoms with Crippen LogP contribution in [0.2, 0.25) is 0 Å². The van der Waals surface area contributed by atoms with E-state index in [0.717, 1.165) is 43.9 Å². The molecule has 1 aliphatic rings. The first-order valence-corrected chi connectivity index (χ1v) is 8.61. The van der Waals surface area contributed by atoms with E-state index in [2.05, 4.69) is 46.5 Å². The van der Waals surface area contributed by atoms with Crippen LogP contribution in [0.25, 0.3) is 0 Å². The second-order valence-corrected chi connectivity index (χ2v) is 5.95. The van der Waals surface area contributed by atoms with E-state index in [9.17, 15) is 0 Å². The molecule has 0 spiro atoms. The van der Waals surface area contributed by atoms with Crippen LogP contribution in [0, 0.1) is 6.92 Å². The smallest absolute Gasteiger partial charge is 0.191 e. The van der Waals surface area contributed by atoms with E-state index in [0.29, 0.717) is 6.61 Å². The zero-order chi connectivity index (χ0) is 16.5. The third-order valence-corrected chi connectivity index (χ3v) is 4.07. The summed E-state index contributed by atoms with van der Waals surface area (Å²) < 4.78 is 5.70. The molecule has 1 aromatic rings. The van der Waals surface area contributed by atoms with Gasteiger partial charge in [0.05, 0.1) is 6.54 Å². The maximum absolute atomic E-state index is 5.70. The van der Waals surface area contributed by atoms with E-state index in [1.54, 1.807) is 7.05 Å². The van der Waals surface area contributed by atoms with Gasteiger partial charge in [0.1, 0.15) is 12.4 Å². The van der Waals surface area contributed by atoms with Gasteiger partial charge in [0.15, 0.2) is 5.96 Å². The van der Waals surface area contributed by atoms with E-state index in [1.807, 2.05) is 12.1 Å². The molecule has 0 aliphatic heterocycles. The van der Waals surface area contributed by atoms with Crippen molar-refractivity contribution in [1.82, 2.24) is 15.5 Å². The fraction of sp³-hybridized carbons (Fsp3) is 0.611. The Morgan fingerprint density at radius 1 is 1.21 bits per heavy atom. The Morgan fingerprint density at radius 3 is 2.46 bits per heavy atom. The summed E-state index contributed by atoms with van der Waals surface area (Å²) in [6.07, 6.45) is 2.72. The molecule has 5 nitrogen and oxygen atoms in total. The first kappa shape index (κ1) is 21.0. The van der Waals surface area contributed by atoms with Crippen LogP contribution in [0.4, 0.5) is 0 Å². The molecule has 0 atom stereocenters. The minimum atomic E-state index is 0. The number of likely N-dealkylation sites (N-methyl/N-ethyl adjacent to an activating group) is 1. The summed E-state index contributed by atoms with van der Waals surface area (Å²) in [5.41, 5.74) is 1.24. The van der Waals surface area contributed by atoms with E-state index in [1.165, 1.54) is 18.4 Å². The molecule has 1 saturated carbocycles. The molecule has 24 heavy (non-hydrogen) atoms. The fourth-order valence-corrected chi connectivity index (χ4v) is 2.55. The minimum absolute atomic E-state index is 0. The quantitative estimate of drug-likeness (QED) is 0.265. The summed E-state index contributed by atoms with van der Waals surface area (Å²) in [5, 5.41) is 6.65.